The first-order chi connectivity index (χ1) is 12.0. The van der Waals surface area contributed by atoms with Gasteiger partial charge in [-0.1, -0.05) is 24.3 Å². The van der Waals surface area contributed by atoms with Gasteiger partial charge in [-0.3, -0.25) is 0 Å². The number of hydrogen-bond acceptors (Lipinski definition) is 4. The summed E-state index contributed by atoms with van der Waals surface area (Å²) in [6, 6.07) is 15.1. The minimum atomic E-state index is -1.44. The summed E-state index contributed by atoms with van der Waals surface area (Å²) in [5.41, 5.74) is 2.35. The molecule has 0 spiro atoms. The van der Waals surface area contributed by atoms with Gasteiger partial charge in [-0.2, -0.15) is 0 Å². The summed E-state index contributed by atoms with van der Waals surface area (Å²) in [6.07, 6.45) is -1.44. The van der Waals surface area contributed by atoms with Crippen molar-refractivity contribution in [3.8, 4) is 22.8 Å². The molecular weight excluding hydrogens is 327 g/mol. The van der Waals surface area contributed by atoms with Gasteiger partial charge in [0, 0.05) is 11.6 Å². The SMILES string of the molecule is Cc1oc(OC(=O)O)cc1COc1ccc(-c2cccc(F)c2)cc1. The van der Waals surface area contributed by atoms with Crippen LogP contribution in [0.5, 0.6) is 11.7 Å². The molecule has 0 atom stereocenters. The van der Waals surface area contributed by atoms with E-state index in [4.69, 9.17) is 14.3 Å². The first kappa shape index (κ1) is 16.6. The van der Waals surface area contributed by atoms with Crippen LogP contribution < -0.4 is 9.47 Å². The Balaban J connectivity index is 1.66. The van der Waals surface area contributed by atoms with E-state index in [0.717, 1.165) is 11.1 Å². The topological polar surface area (TPSA) is 68.9 Å². The lowest BCUT2D eigenvalue weighted by Crippen LogP contribution is -2.01. The first-order valence-corrected chi connectivity index (χ1v) is 7.50. The van der Waals surface area contributed by atoms with Gasteiger partial charge in [0.05, 0.1) is 0 Å². The lowest BCUT2D eigenvalue weighted by atomic mass is 10.1. The van der Waals surface area contributed by atoms with Crippen LogP contribution in [0.3, 0.4) is 0 Å². The summed E-state index contributed by atoms with van der Waals surface area (Å²) in [4.78, 5) is 10.5. The average Bonchev–Trinajstić information content (AvgIpc) is 2.92. The van der Waals surface area contributed by atoms with Crippen molar-refractivity contribution < 1.29 is 28.2 Å². The molecule has 0 aliphatic rings. The second-order valence-corrected chi connectivity index (χ2v) is 5.34. The quantitative estimate of drug-likeness (QED) is 0.659. The van der Waals surface area contributed by atoms with Gasteiger partial charge in [-0.25, -0.2) is 9.18 Å². The highest BCUT2D eigenvalue weighted by Crippen LogP contribution is 2.25. The van der Waals surface area contributed by atoms with Gasteiger partial charge in [0.1, 0.15) is 23.9 Å². The van der Waals surface area contributed by atoms with E-state index >= 15 is 0 Å². The number of halogens is 1. The van der Waals surface area contributed by atoms with Crippen molar-refractivity contribution in [1.82, 2.24) is 0 Å². The lowest BCUT2D eigenvalue weighted by Gasteiger charge is -2.07. The van der Waals surface area contributed by atoms with Gasteiger partial charge in [0.25, 0.3) is 5.95 Å². The molecular formula is C19H15FO5. The minimum absolute atomic E-state index is 0.0925. The van der Waals surface area contributed by atoms with Crippen molar-refractivity contribution in [3.63, 3.8) is 0 Å². The summed E-state index contributed by atoms with van der Waals surface area (Å²) in [5, 5.41) is 8.58. The highest BCUT2D eigenvalue weighted by Gasteiger charge is 2.12. The molecule has 0 saturated heterocycles. The van der Waals surface area contributed by atoms with Crippen LogP contribution in [0.1, 0.15) is 11.3 Å². The highest BCUT2D eigenvalue weighted by atomic mass is 19.1. The maximum Gasteiger partial charge on any atom is 0.513 e. The standard InChI is InChI=1S/C19H15FO5/c1-12-15(10-18(24-12)25-19(21)22)11-23-17-7-5-13(6-8-17)14-3-2-4-16(20)9-14/h2-10H,11H2,1H3,(H,21,22). The molecule has 3 aromatic rings. The molecule has 0 radical (unpaired) electrons. The fourth-order valence-corrected chi connectivity index (χ4v) is 2.34. The Labute approximate surface area is 143 Å². The molecule has 0 aliphatic carbocycles. The van der Waals surface area contributed by atoms with Crippen LogP contribution >= 0.6 is 0 Å². The molecule has 3 rings (SSSR count). The summed E-state index contributed by atoms with van der Waals surface area (Å²) in [5.74, 6) is 0.770. The summed E-state index contributed by atoms with van der Waals surface area (Å²) in [7, 11) is 0. The van der Waals surface area contributed by atoms with Crippen molar-refractivity contribution in [2.45, 2.75) is 13.5 Å². The summed E-state index contributed by atoms with van der Waals surface area (Å²) >= 11 is 0. The average molecular weight is 342 g/mol. The van der Waals surface area contributed by atoms with Gasteiger partial charge >= 0.3 is 6.16 Å². The van der Waals surface area contributed by atoms with Crippen LogP contribution in [0.4, 0.5) is 9.18 Å². The Kier molecular flexibility index (Phi) is 4.70. The molecule has 0 unspecified atom stereocenters. The molecule has 2 aromatic carbocycles. The van der Waals surface area contributed by atoms with E-state index in [2.05, 4.69) is 4.74 Å². The number of ether oxygens (including phenoxy) is 2. The molecule has 5 nitrogen and oxygen atoms in total. The Morgan fingerprint density at radius 1 is 1.12 bits per heavy atom. The van der Waals surface area contributed by atoms with Crippen LogP contribution in [-0.2, 0) is 6.61 Å². The van der Waals surface area contributed by atoms with Crippen LogP contribution in [0, 0.1) is 12.7 Å². The highest BCUT2D eigenvalue weighted by molar-refractivity contribution is 5.64. The van der Waals surface area contributed by atoms with E-state index in [1.165, 1.54) is 18.2 Å². The zero-order valence-electron chi connectivity index (χ0n) is 13.4. The van der Waals surface area contributed by atoms with Crippen molar-refractivity contribution in [2.24, 2.45) is 0 Å². The van der Waals surface area contributed by atoms with Crippen molar-refractivity contribution >= 4 is 6.16 Å². The number of carbonyl (C=O) groups is 1. The van der Waals surface area contributed by atoms with Gasteiger partial charge < -0.3 is 19.0 Å². The smallest absolute Gasteiger partial charge is 0.489 e. The number of rotatable bonds is 5. The normalized spacial score (nSPS) is 10.5. The lowest BCUT2D eigenvalue weighted by molar-refractivity contribution is 0.132. The second kappa shape index (κ2) is 7.09. The molecule has 25 heavy (non-hydrogen) atoms. The maximum atomic E-state index is 13.3. The van der Waals surface area contributed by atoms with Crippen LogP contribution in [-0.4, -0.2) is 11.3 Å². The fraction of sp³-hybridized carbons (Fsp3) is 0.105. The van der Waals surface area contributed by atoms with Gasteiger partial charge in [-0.05, 0) is 42.3 Å². The van der Waals surface area contributed by atoms with Crippen LogP contribution in [0.2, 0.25) is 0 Å². The van der Waals surface area contributed by atoms with E-state index in [9.17, 15) is 9.18 Å². The molecule has 0 amide bonds. The molecule has 128 valence electrons. The number of benzene rings is 2. The maximum absolute atomic E-state index is 13.3. The molecule has 0 bridgehead atoms. The Bertz CT molecular complexity index is 883. The van der Waals surface area contributed by atoms with E-state index in [0.29, 0.717) is 17.1 Å². The van der Waals surface area contributed by atoms with E-state index in [1.54, 1.807) is 25.1 Å². The summed E-state index contributed by atoms with van der Waals surface area (Å²) < 4.78 is 28.6. The Morgan fingerprint density at radius 2 is 1.88 bits per heavy atom. The van der Waals surface area contributed by atoms with Crippen molar-refractivity contribution in [2.75, 3.05) is 0 Å². The van der Waals surface area contributed by atoms with Crippen molar-refractivity contribution in [1.29, 1.82) is 0 Å². The molecule has 0 aliphatic heterocycles. The van der Waals surface area contributed by atoms with Crippen molar-refractivity contribution in [3.05, 3.63) is 71.7 Å². The molecule has 0 fully saturated rings. The number of aryl methyl sites for hydroxylation is 1. The van der Waals surface area contributed by atoms with Crippen LogP contribution in [0.25, 0.3) is 11.1 Å². The third-order valence-corrected chi connectivity index (χ3v) is 3.59. The molecule has 1 heterocycles. The van der Waals surface area contributed by atoms with Gasteiger partial charge in [0.15, 0.2) is 0 Å². The largest absolute Gasteiger partial charge is 0.513 e. The minimum Gasteiger partial charge on any atom is -0.489 e. The molecule has 6 heteroatoms. The van der Waals surface area contributed by atoms with Crippen LogP contribution in [0.15, 0.2) is 59.0 Å². The third kappa shape index (κ3) is 4.17. The predicted molar refractivity (Wildman–Crippen MR) is 88.3 cm³/mol. The zero-order chi connectivity index (χ0) is 17.8. The van der Waals surface area contributed by atoms with E-state index in [-0.39, 0.29) is 18.4 Å². The Hall–Kier alpha value is -3.28. The Morgan fingerprint density at radius 3 is 2.56 bits per heavy atom. The fourth-order valence-electron chi connectivity index (χ4n) is 2.34. The van der Waals surface area contributed by atoms with E-state index in [1.807, 2.05) is 18.2 Å². The third-order valence-electron chi connectivity index (χ3n) is 3.59. The molecule has 1 N–H and O–H groups in total. The number of carboxylic acid groups (broad SMARTS) is 1. The van der Waals surface area contributed by atoms with Gasteiger partial charge in [0.2, 0.25) is 0 Å². The molecule has 0 saturated carbocycles. The molecule has 1 aromatic heterocycles. The second-order valence-electron chi connectivity index (χ2n) is 5.34. The summed E-state index contributed by atoms with van der Waals surface area (Å²) in [6.45, 7) is 1.90. The number of furan rings is 1. The number of hydrogen-bond donors (Lipinski definition) is 1. The van der Waals surface area contributed by atoms with Gasteiger partial charge in [-0.15, -0.1) is 0 Å². The first-order valence-electron chi connectivity index (χ1n) is 7.50. The zero-order valence-corrected chi connectivity index (χ0v) is 13.4. The predicted octanol–water partition coefficient (Wildman–Crippen LogP) is 5.03. The van der Waals surface area contributed by atoms with E-state index < -0.39 is 6.16 Å². The monoisotopic (exact) mass is 342 g/mol.